The first kappa shape index (κ1) is 15.1. The van der Waals surface area contributed by atoms with E-state index in [1.54, 1.807) is 12.3 Å². The van der Waals surface area contributed by atoms with Crippen molar-refractivity contribution in [3.63, 3.8) is 0 Å². The van der Waals surface area contributed by atoms with Crippen LogP contribution < -0.4 is 11.0 Å². The lowest BCUT2D eigenvalue weighted by atomic mass is 10.0. The molecule has 126 valence electrons. The summed E-state index contributed by atoms with van der Waals surface area (Å²) in [6.45, 7) is 0. The first-order valence-corrected chi connectivity index (χ1v) is 8.75. The van der Waals surface area contributed by atoms with Crippen LogP contribution in [0.5, 0.6) is 0 Å². The summed E-state index contributed by atoms with van der Waals surface area (Å²) in [4.78, 5) is 20.5. The Morgan fingerprint density at radius 3 is 2.81 bits per heavy atom. The SMILES string of the molecule is Nc1ncc2ccc3cnc4c-3c(ccc4=C3C=CC(=O)C(Br)=C3)n-2[nH]1. The van der Waals surface area contributed by atoms with Gasteiger partial charge < -0.3 is 5.73 Å². The predicted molar refractivity (Wildman–Crippen MR) is 104 cm³/mol. The van der Waals surface area contributed by atoms with Gasteiger partial charge in [0.15, 0.2) is 5.78 Å². The van der Waals surface area contributed by atoms with Crippen LogP contribution in [0.25, 0.3) is 33.4 Å². The number of carbonyl (C=O) groups is 1. The number of hydrogen-bond donors (Lipinski definition) is 2. The fourth-order valence-electron chi connectivity index (χ4n) is 3.31. The van der Waals surface area contributed by atoms with Gasteiger partial charge in [0.05, 0.1) is 27.4 Å². The molecule has 4 aliphatic rings. The number of benzene rings is 1. The Bertz CT molecular complexity index is 1280. The molecule has 0 radical (unpaired) electrons. The highest BCUT2D eigenvalue weighted by Gasteiger charge is 2.18. The van der Waals surface area contributed by atoms with Gasteiger partial charge >= 0.3 is 0 Å². The van der Waals surface area contributed by atoms with Gasteiger partial charge in [0.25, 0.3) is 0 Å². The molecule has 7 heteroatoms. The second-order valence-electron chi connectivity index (χ2n) is 6.06. The van der Waals surface area contributed by atoms with Crippen LogP contribution in [-0.4, -0.2) is 25.5 Å². The molecule has 0 unspecified atom stereocenters. The van der Waals surface area contributed by atoms with Crippen molar-refractivity contribution in [1.29, 1.82) is 0 Å². The fraction of sp³-hybridized carbons (Fsp3) is 0. The average Bonchev–Trinajstić information content (AvgIpc) is 2.99. The molecule has 0 spiro atoms. The first-order valence-electron chi connectivity index (χ1n) is 7.95. The minimum atomic E-state index is -0.0410. The van der Waals surface area contributed by atoms with Gasteiger partial charge in [0.2, 0.25) is 5.95 Å². The summed E-state index contributed by atoms with van der Waals surface area (Å²) in [5.74, 6) is 0.290. The highest BCUT2D eigenvalue weighted by atomic mass is 79.9. The van der Waals surface area contributed by atoms with Gasteiger partial charge in [-0.1, -0.05) is 18.2 Å². The third kappa shape index (κ3) is 2.14. The van der Waals surface area contributed by atoms with Crippen molar-refractivity contribution in [2.45, 2.75) is 0 Å². The number of nitrogens with two attached hydrogens (primary N) is 1. The number of ketones is 1. The Morgan fingerprint density at radius 1 is 1.08 bits per heavy atom. The monoisotopic (exact) mass is 405 g/mol. The van der Waals surface area contributed by atoms with E-state index in [4.69, 9.17) is 5.73 Å². The van der Waals surface area contributed by atoms with E-state index in [2.05, 4.69) is 31.0 Å². The normalized spacial score (nSPS) is 16.7. The average molecular weight is 406 g/mol. The van der Waals surface area contributed by atoms with Crippen molar-refractivity contribution in [2.75, 3.05) is 5.73 Å². The molecule has 3 heterocycles. The van der Waals surface area contributed by atoms with Gasteiger partial charge in [-0.2, -0.15) is 0 Å². The maximum absolute atomic E-state index is 11.7. The van der Waals surface area contributed by atoms with Gasteiger partial charge in [-0.05, 0) is 45.8 Å². The summed E-state index contributed by atoms with van der Waals surface area (Å²) in [5.41, 5.74) is 11.5. The number of aromatic nitrogens is 4. The molecule has 0 bridgehead atoms. The summed E-state index contributed by atoms with van der Waals surface area (Å²) < 4.78 is 2.44. The van der Waals surface area contributed by atoms with Crippen molar-refractivity contribution in [2.24, 2.45) is 0 Å². The van der Waals surface area contributed by atoms with Gasteiger partial charge in [-0.3, -0.25) is 19.6 Å². The van der Waals surface area contributed by atoms with Crippen molar-refractivity contribution in [1.82, 2.24) is 19.7 Å². The number of fused-ring (bicyclic) bond motifs is 2. The molecule has 1 aliphatic carbocycles. The Morgan fingerprint density at radius 2 is 1.96 bits per heavy atom. The minimum absolute atomic E-state index is 0.0410. The standard InChI is InChI=1S/C19H12BrN5O/c20-14-7-10(2-6-16(14)26)13-4-5-15-17-11(8-22-18(13)17)1-3-12-9-23-19(21)24-25(12)15/h1-9H,(H3,21,23,24). The maximum Gasteiger partial charge on any atom is 0.212 e. The first-order chi connectivity index (χ1) is 12.6. The Labute approximate surface area is 156 Å². The highest BCUT2D eigenvalue weighted by Crippen LogP contribution is 2.32. The van der Waals surface area contributed by atoms with Crippen LogP contribution in [0.1, 0.15) is 0 Å². The molecule has 3 aliphatic heterocycles. The number of anilines is 1. The molecule has 0 saturated heterocycles. The number of rotatable bonds is 0. The maximum atomic E-state index is 11.7. The Balaban J connectivity index is 1.93. The number of H-pyrrole nitrogens is 1. The minimum Gasteiger partial charge on any atom is -0.368 e. The second-order valence-corrected chi connectivity index (χ2v) is 6.92. The molecule has 1 aromatic carbocycles. The lowest BCUT2D eigenvalue weighted by Crippen LogP contribution is -2.12. The molecule has 6 nitrogen and oxygen atoms in total. The molecule has 5 rings (SSSR count). The van der Waals surface area contributed by atoms with Crippen LogP contribution in [0.4, 0.5) is 5.95 Å². The van der Waals surface area contributed by atoms with Gasteiger partial charge in [-0.15, -0.1) is 0 Å². The number of nitrogens with zero attached hydrogens (tertiary/aromatic N) is 3. The van der Waals surface area contributed by atoms with Gasteiger partial charge in [-0.25, -0.2) is 4.98 Å². The summed E-state index contributed by atoms with van der Waals surface area (Å²) in [5, 5.41) is 4.06. The number of nitrogens with one attached hydrogen (secondary N) is 1. The van der Waals surface area contributed by atoms with Crippen LogP contribution >= 0.6 is 15.9 Å². The number of nitrogen functional groups attached to an aromatic ring is 1. The van der Waals surface area contributed by atoms with E-state index in [0.717, 1.165) is 38.6 Å². The fourth-order valence-corrected chi connectivity index (χ4v) is 3.68. The van der Waals surface area contributed by atoms with E-state index >= 15 is 0 Å². The number of carbonyl (C=O) groups excluding carboxylic acids is 1. The van der Waals surface area contributed by atoms with E-state index in [1.165, 1.54) is 0 Å². The molecular formula is C19H12BrN5O. The lowest BCUT2D eigenvalue weighted by Gasteiger charge is -2.11. The number of allylic oxidation sites excluding steroid dienone is 4. The molecule has 3 N–H and O–H groups in total. The van der Waals surface area contributed by atoms with Crippen molar-refractivity contribution >= 4 is 44.3 Å². The molecular weight excluding hydrogens is 394 g/mol. The molecule has 0 amide bonds. The molecule has 0 atom stereocenters. The summed E-state index contributed by atoms with van der Waals surface area (Å²) >= 11 is 3.32. The van der Waals surface area contributed by atoms with Crippen LogP contribution in [-0.2, 0) is 4.79 Å². The van der Waals surface area contributed by atoms with E-state index in [9.17, 15) is 4.79 Å². The number of halogens is 1. The summed E-state index contributed by atoms with van der Waals surface area (Å²) in [7, 11) is 0. The van der Waals surface area contributed by atoms with E-state index in [-0.39, 0.29) is 5.78 Å². The lowest BCUT2D eigenvalue weighted by molar-refractivity contribution is -0.110. The third-order valence-corrected chi connectivity index (χ3v) is 5.13. The predicted octanol–water partition coefficient (Wildman–Crippen LogP) is 2.72. The quantitative estimate of drug-likeness (QED) is 0.470. The molecule has 1 aromatic rings. The molecule has 0 fully saturated rings. The van der Waals surface area contributed by atoms with Crippen LogP contribution in [0.2, 0.25) is 0 Å². The zero-order valence-electron chi connectivity index (χ0n) is 13.4. The zero-order chi connectivity index (χ0) is 17.8. The molecule has 0 aromatic heterocycles. The smallest absolute Gasteiger partial charge is 0.212 e. The zero-order valence-corrected chi connectivity index (χ0v) is 15.0. The van der Waals surface area contributed by atoms with Crippen molar-refractivity contribution in [3.05, 3.63) is 64.6 Å². The highest BCUT2D eigenvalue weighted by molar-refractivity contribution is 9.12. The van der Waals surface area contributed by atoms with E-state index < -0.39 is 0 Å². The van der Waals surface area contributed by atoms with Gasteiger partial charge in [0.1, 0.15) is 0 Å². The van der Waals surface area contributed by atoms with Crippen molar-refractivity contribution in [3.8, 4) is 16.8 Å². The van der Waals surface area contributed by atoms with Crippen LogP contribution in [0, 0.1) is 0 Å². The molecule has 0 saturated carbocycles. The Hall–Kier alpha value is -3.19. The van der Waals surface area contributed by atoms with Crippen LogP contribution in [0.15, 0.2) is 59.4 Å². The number of hydrogen-bond acceptors (Lipinski definition) is 4. The van der Waals surface area contributed by atoms with Crippen LogP contribution in [0.3, 0.4) is 0 Å². The second kappa shape index (κ2) is 5.40. The van der Waals surface area contributed by atoms with Crippen molar-refractivity contribution < 1.29 is 4.79 Å². The topological polar surface area (TPSA) is 89.6 Å². The number of aromatic amines is 1. The summed E-state index contributed by atoms with van der Waals surface area (Å²) in [6, 6.07) is 8.02. The van der Waals surface area contributed by atoms with E-state index in [1.807, 2.05) is 47.3 Å². The third-order valence-electron chi connectivity index (χ3n) is 4.52. The Kier molecular flexibility index (Phi) is 3.14. The largest absolute Gasteiger partial charge is 0.368 e. The van der Waals surface area contributed by atoms with E-state index in [0.29, 0.717) is 10.4 Å². The van der Waals surface area contributed by atoms with Gasteiger partial charge in [0, 0.05) is 22.5 Å². The summed E-state index contributed by atoms with van der Waals surface area (Å²) in [6.07, 6.45) is 8.79. The molecule has 26 heavy (non-hydrogen) atoms.